The molecule has 7 heteroatoms. The van der Waals surface area contributed by atoms with Gasteiger partial charge in [-0.3, -0.25) is 4.79 Å². The first-order chi connectivity index (χ1) is 8.11. The number of amides is 1. The highest BCUT2D eigenvalue weighted by Gasteiger charge is 2.12. The van der Waals surface area contributed by atoms with Crippen LogP contribution in [0.3, 0.4) is 0 Å². The van der Waals surface area contributed by atoms with Gasteiger partial charge in [-0.05, 0) is 12.1 Å². The van der Waals surface area contributed by atoms with E-state index in [2.05, 4.69) is 10.4 Å². The molecule has 88 valence electrons. The maximum atomic E-state index is 11.3. The molecule has 2 heterocycles. The van der Waals surface area contributed by atoms with Crippen molar-refractivity contribution >= 4 is 11.9 Å². The Labute approximate surface area is 95.7 Å². The van der Waals surface area contributed by atoms with E-state index < -0.39 is 5.97 Å². The van der Waals surface area contributed by atoms with E-state index in [0.29, 0.717) is 0 Å². The van der Waals surface area contributed by atoms with Crippen LogP contribution in [0.15, 0.2) is 28.8 Å². The van der Waals surface area contributed by atoms with Crippen molar-refractivity contribution in [3.8, 4) is 5.88 Å². The van der Waals surface area contributed by atoms with E-state index in [0.717, 1.165) is 0 Å². The van der Waals surface area contributed by atoms with Crippen LogP contribution in [0.1, 0.15) is 21.0 Å². The molecular weight excluding hydrogens is 226 g/mol. The molecular formula is C10H9N3O4. The number of hydrogen-bond acceptors (Lipinski definition) is 4. The Morgan fingerprint density at radius 2 is 2.18 bits per heavy atom. The van der Waals surface area contributed by atoms with E-state index >= 15 is 0 Å². The van der Waals surface area contributed by atoms with Gasteiger partial charge in [0, 0.05) is 19.3 Å². The number of aromatic carboxylic acids is 1. The molecule has 0 aliphatic carbocycles. The van der Waals surface area contributed by atoms with E-state index in [1.807, 2.05) is 0 Å². The molecule has 0 saturated heterocycles. The number of nitrogens with one attached hydrogen (secondary N) is 1. The van der Waals surface area contributed by atoms with E-state index in [4.69, 9.17) is 9.52 Å². The molecule has 0 unspecified atom stereocenters. The summed E-state index contributed by atoms with van der Waals surface area (Å²) in [5.41, 5.74) is 0.223. The SMILES string of the molecule is CNC(=O)c1ccn(-c2ccc(C(=O)O)o2)n1. The van der Waals surface area contributed by atoms with E-state index in [-0.39, 0.29) is 23.2 Å². The minimum Gasteiger partial charge on any atom is -0.475 e. The molecule has 0 aliphatic heterocycles. The highest BCUT2D eigenvalue weighted by molar-refractivity contribution is 5.91. The summed E-state index contributed by atoms with van der Waals surface area (Å²) in [4.78, 5) is 21.9. The van der Waals surface area contributed by atoms with Crippen molar-refractivity contribution in [1.82, 2.24) is 15.1 Å². The third kappa shape index (κ3) is 2.03. The number of carboxylic acid groups (broad SMARTS) is 1. The lowest BCUT2D eigenvalue weighted by molar-refractivity contribution is 0.0661. The van der Waals surface area contributed by atoms with Crippen LogP contribution in [0.5, 0.6) is 0 Å². The average Bonchev–Trinajstić information content (AvgIpc) is 2.95. The molecule has 2 aromatic rings. The quantitative estimate of drug-likeness (QED) is 0.808. The van der Waals surface area contributed by atoms with Crippen molar-refractivity contribution in [2.24, 2.45) is 0 Å². The minimum absolute atomic E-state index is 0.183. The Hall–Kier alpha value is -2.57. The van der Waals surface area contributed by atoms with Gasteiger partial charge in [-0.2, -0.15) is 5.10 Å². The van der Waals surface area contributed by atoms with Crippen LogP contribution in [-0.4, -0.2) is 33.8 Å². The molecule has 0 bridgehead atoms. The van der Waals surface area contributed by atoms with Crippen LogP contribution in [0.4, 0.5) is 0 Å². The summed E-state index contributed by atoms with van der Waals surface area (Å²) in [5.74, 6) is -1.43. The number of aromatic nitrogens is 2. The van der Waals surface area contributed by atoms with Crippen molar-refractivity contribution in [2.75, 3.05) is 7.05 Å². The summed E-state index contributed by atoms with van der Waals surface area (Å²) in [5, 5.41) is 15.1. The van der Waals surface area contributed by atoms with Crippen LogP contribution in [0, 0.1) is 0 Å². The first kappa shape index (κ1) is 10.9. The second-order valence-electron chi connectivity index (χ2n) is 3.17. The predicted octanol–water partition coefficient (Wildman–Crippen LogP) is 0.523. The third-order valence-corrected chi connectivity index (χ3v) is 2.08. The van der Waals surface area contributed by atoms with E-state index in [9.17, 15) is 9.59 Å². The van der Waals surface area contributed by atoms with Crippen molar-refractivity contribution < 1.29 is 19.1 Å². The fourth-order valence-corrected chi connectivity index (χ4v) is 1.26. The summed E-state index contributed by atoms with van der Waals surface area (Å²) >= 11 is 0. The Balaban J connectivity index is 2.30. The van der Waals surface area contributed by atoms with Gasteiger partial charge in [0.1, 0.15) is 0 Å². The lowest BCUT2D eigenvalue weighted by Gasteiger charge is -1.95. The molecule has 0 fully saturated rings. The summed E-state index contributed by atoms with van der Waals surface area (Å²) in [7, 11) is 1.50. The summed E-state index contributed by atoms with van der Waals surface area (Å²) < 4.78 is 6.32. The molecule has 17 heavy (non-hydrogen) atoms. The lowest BCUT2D eigenvalue weighted by Crippen LogP contribution is -2.18. The second kappa shape index (κ2) is 4.12. The fourth-order valence-electron chi connectivity index (χ4n) is 1.26. The number of nitrogens with zero attached hydrogens (tertiary/aromatic N) is 2. The molecule has 2 N–H and O–H groups in total. The van der Waals surface area contributed by atoms with Crippen LogP contribution >= 0.6 is 0 Å². The summed E-state index contributed by atoms with van der Waals surface area (Å²) in [6.45, 7) is 0. The lowest BCUT2D eigenvalue weighted by atomic mass is 10.4. The monoisotopic (exact) mass is 235 g/mol. The van der Waals surface area contributed by atoms with E-state index in [1.165, 1.54) is 36.1 Å². The first-order valence-electron chi connectivity index (χ1n) is 4.73. The van der Waals surface area contributed by atoms with Gasteiger partial charge in [0.25, 0.3) is 5.91 Å². The molecule has 0 saturated carbocycles. The van der Waals surface area contributed by atoms with Crippen molar-refractivity contribution in [1.29, 1.82) is 0 Å². The van der Waals surface area contributed by atoms with Crippen LogP contribution in [-0.2, 0) is 0 Å². The fraction of sp³-hybridized carbons (Fsp3) is 0.100. The zero-order valence-corrected chi connectivity index (χ0v) is 8.88. The highest BCUT2D eigenvalue weighted by atomic mass is 16.4. The Bertz CT molecular complexity index is 570. The molecule has 7 nitrogen and oxygen atoms in total. The molecule has 1 amide bonds. The maximum Gasteiger partial charge on any atom is 0.371 e. The molecule has 0 aliphatic rings. The summed E-state index contributed by atoms with van der Waals surface area (Å²) in [6.07, 6.45) is 1.51. The maximum absolute atomic E-state index is 11.3. The van der Waals surface area contributed by atoms with Gasteiger partial charge in [0.15, 0.2) is 5.69 Å². The second-order valence-corrected chi connectivity index (χ2v) is 3.17. The molecule has 2 rings (SSSR count). The molecule has 0 spiro atoms. The summed E-state index contributed by atoms with van der Waals surface area (Å²) in [6, 6.07) is 4.28. The number of carbonyl (C=O) groups excluding carboxylic acids is 1. The Kier molecular flexibility index (Phi) is 2.65. The number of carboxylic acids is 1. The standard InChI is InChI=1S/C10H9N3O4/c1-11-9(14)6-4-5-13(12-6)8-3-2-7(17-8)10(15)16/h2-5H,1H3,(H,11,14)(H,15,16). The van der Waals surface area contributed by atoms with Crippen LogP contribution in [0.25, 0.3) is 5.88 Å². The largest absolute Gasteiger partial charge is 0.475 e. The van der Waals surface area contributed by atoms with Crippen molar-refractivity contribution in [3.05, 3.63) is 35.9 Å². The zero-order chi connectivity index (χ0) is 12.4. The van der Waals surface area contributed by atoms with Crippen molar-refractivity contribution in [3.63, 3.8) is 0 Å². The minimum atomic E-state index is -1.16. The van der Waals surface area contributed by atoms with Gasteiger partial charge in [-0.25, -0.2) is 9.48 Å². The van der Waals surface area contributed by atoms with Gasteiger partial charge < -0.3 is 14.8 Å². The molecule has 0 atom stereocenters. The van der Waals surface area contributed by atoms with Gasteiger partial charge in [-0.15, -0.1) is 0 Å². The average molecular weight is 235 g/mol. The first-order valence-corrected chi connectivity index (χ1v) is 4.73. The topological polar surface area (TPSA) is 97.4 Å². The molecule has 0 radical (unpaired) electrons. The Morgan fingerprint density at radius 1 is 1.41 bits per heavy atom. The number of hydrogen-bond donors (Lipinski definition) is 2. The third-order valence-electron chi connectivity index (χ3n) is 2.08. The number of carbonyl (C=O) groups is 2. The van der Waals surface area contributed by atoms with Crippen LogP contribution in [0.2, 0.25) is 0 Å². The number of furan rings is 1. The predicted molar refractivity (Wildman–Crippen MR) is 56.2 cm³/mol. The normalized spacial score (nSPS) is 10.2. The van der Waals surface area contributed by atoms with Gasteiger partial charge in [-0.1, -0.05) is 0 Å². The van der Waals surface area contributed by atoms with Crippen molar-refractivity contribution in [2.45, 2.75) is 0 Å². The zero-order valence-electron chi connectivity index (χ0n) is 8.88. The highest BCUT2D eigenvalue weighted by Crippen LogP contribution is 2.12. The van der Waals surface area contributed by atoms with Gasteiger partial charge in [0.05, 0.1) is 0 Å². The van der Waals surface area contributed by atoms with Gasteiger partial charge in [0.2, 0.25) is 11.6 Å². The van der Waals surface area contributed by atoms with E-state index in [1.54, 1.807) is 0 Å². The molecule has 2 aromatic heterocycles. The Morgan fingerprint density at radius 3 is 2.76 bits per heavy atom. The number of rotatable bonds is 3. The van der Waals surface area contributed by atoms with Gasteiger partial charge >= 0.3 is 5.97 Å². The molecule has 0 aromatic carbocycles. The van der Waals surface area contributed by atoms with Crippen LogP contribution < -0.4 is 5.32 Å². The smallest absolute Gasteiger partial charge is 0.371 e.